The van der Waals surface area contributed by atoms with Crippen LogP contribution in [0, 0.1) is 6.92 Å². The Morgan fingerprint density at radius 2 is 2.21 bits per heavy atom. The fourth-order valence-corrected chi connectivity index (χ4v) is 4.14. The minimum atomic E-state index is 0.331. The maximum absolute atomic E-state index is 5.93. The zero-order chi connectivity index (χ0) is 17.1. The fourth-order valence-electron chi connectivity index (χ4n) is 3.21. The molecular weight excluding hydrogens is 322 g/mol. The number of hydrogen-bond acceptors (Lipinski definition) is 6. The number of thiophene rings is 1. The summed E-state index contributed by atoms with van der Waals surface area (Å²) in [6, 6.07) is 4.42. The predicted octanol–water partition coefficient (Wildman–Crippen LogP) is 1.86. The molecule has 132 valence electrons. The third-order valence-electron chi connectivity index (χ3n) is 4.36. The van der Waals surface area contributed by atoms with Gasteiger partial charge in [0.2, 0.25) is 0 Å². The highest BCUT2D eigenvalue weighted by molar-refractivity contribution is 7.11. The van der Waals surface area contributed by atoms with E-state index in [1.807, 2.05) is 23.1 Å². The van der Waals surface area contributed by atoms with Gasteiger partial charge in [0.1, 0.15) is 5.69 Å². The van der Waals surface area contributed by atoms with Crippen LogP contribution in [0.2, 0.25) is 0 Å². The number of rotatable bonds is 7. The number of aryl methyl sites for hydroxylation is 2. The average molecular weight is 350 g/mol. The van der Waals surface area contributed by atoms with Crippen LogP contribution in [0.1, 0.15) is 27.1 Å². The van der Waals surface area contributed by atoms with Crippen LogP contribution in [0.5, 0.6) is 0 Å². The Morgan fingerprint density at radius 3 is 2.92 bits per heavy atom. The van der Waals surface area contributed by atoms with Crippen molar-refractivity contribution in [1.29, 1.82) is 0 Å². The van der Waals surface area contributed by atoms with Crippen molar-refractivity contribution in [2.24, 2.45) is 7.05 Å². The maximum atomic E-state index is 5.93. The molecule has 0 bridgehead atoms. The molecule has 0 saturated heterocycles. The van der Waals surface area contributed by atoms with E-state index >= 15 is 0 Å². The van der Waals surface area contributed by atoms with Gasteiger partial charge < -0.3 is 9.64 Å². The first-order chi connectivity index (χ1) is 11.5. The number of nitrogens with zero attached hydrogens (tertiary/aromatic N) is 5. The summed E-state index contributed by atoms with van der Waals surface area (Å²) in [4.78, 5) is 7.38. The van der Waals surface area contributed by atoms with Crippen molar-refractivity contribution in [3.05, 3.63) is 33.3 Å². The molecule has 7 heteroatoms. The Morgan fingerprint density at radius 1 is 1.38 bits per heavy atom. The van der Waals surface area contributed by atoms with Crippen LogP contribution in [-0.2, 0) is 24.9 Å². The van der Waals surface area contributed by atoms with Gasteiger partial charge in [-0.1, -0.05) is 5.21 Å². The first-order valence-corrected chi connectivity index (χ1v) is 9.23. The number of aromatic nitrogens is 3. The monoisotopic (exact) mass is 349 g/mol. The number of ether oxygens (including phenoxy) is 1. The van der Waals surface area contributed by atoms with Crippen molar-refractivity contribution in [3.63, 3.8) is 0 Å². The van der Waals surface area contributed by atoms with Gasteiger partial charge in [-0.2, -0.15) is 0 Å². The SMILES string of the molecule is Cc1ccc(CN2Cc3nnn(C)c3[C@@H](COCCN(C)C)C2)s1. The van der Waals surface area contributed by atoms with Gasteiger partial charge in [0.15, 0.2) is 0 Å². The van der Waals surface area contributed by atoms with Crippen LogP contribution in [0.3, 0.4) is 0 Å². The number of hydrogen-bond donors (Lipinski definition) is 0. The van der Waals surface area contributed by atoms with Crippen LogP contribution in [-0.4, -0.2) is 65.2 Å². The van der Waals surface area contributed by atoms with E-state index in [-0.39, 0.29) is 0 Å². The third kappa shape index (κ3) is 4.22. The van der Waals surface area contributed by atoms with E-state index in [1.165, 1.54) is 15.4 Å². The lowest BCUT2D eigenvalue weighted by Gasteiger charge is -2.31. The van der Waals surface area contributed by atoms with Crippen LogP contribution < -0.4 is 0 Å². The minimum Gasteiger partial charge on any atom is -0.379 e. The molecule has 0 radical (unpaired) electrons. The molecule has 1 aliphatic heterocycles. The van der Waals surface area contributed by atoms with Crippen LogP contribution in [0.4, 0.5) is 0 Å². The second-order valence-electron chi connectivity index (χ2n) is 6.80. The van der Waals surface area contributed by atoms with Gasteiger partial charge in [-0.05, 0) is 33.2 Å². The van der Waals surface area contributed by atoms with Crippen molar-refractivity contribution in [1.82, 2.24) is 24.8 Å². The van der Waals surface area contributed by atoms with E-state index in [0.29, 0.717) is 5.92 Å². The van der Waals surface area contributed by atoms with Crippen molar-refractivity contribution < 1.29 is 4.74 Å². The Labute approximate surface area is 148 Å². The summed E-state index contributed by atoms with van der Waals surface area (Å²) in [5.74, 6) is 0.331. The van der Waals surface area contributed by atoms with Crippen molar-refractivity contribution >= 4 is 11.3 Å². The second-order valence-corrected chi connectivity index (χ2v) is 8.17. The molecule has 0 spiro atoms. The molecule has 0 aliphatic carbocycles. The van der Waals surface area contributed by atoms with Crippen molar-refractivity contribution in [2.45, 2.75) is 25.9 Å². The van der Waals surface area contributed by atoms with Crippen LogP contribution in [0.15, 0.2) is 12.1 Å². The lowest BCUT2D eigenvalue weighted by molar-refractivity contribution is 0.0837. The molecule has 0 fully saturated rings. The predicted molar refractivity (Wildman–Crippen MR) is 96.3 cm³/mol. The summed E-state index contributed by atoms with van der Waals surface area (Å²) >= 11 is 1.87. The Kier molecular flexibility index (Phi) is 5.65. The lowest BCUT2D eigenvalue weighted by atomic mass is 9.99. The van der Waals surface area contributed by atoms with Gasteiger partial charge in [0.25, 0.3) is 0 Å². The smallest absolute Gasteiger partial charge is 0.100 e. The fraction of sp³-hybridized carbons (Fsp3) is 0.647. The van der Waals surface area contributed by atoms with Gasteiger partial charge in [-0.25, -0.2) is 0 Å². The van der Waals surface area contributed by atoms with Crippen LogP contribution in [0.25, 0.3) is 0 Å². The Bertz CT molecular complexity index is 666. The lowest BCUT2D eigenvalue weighted by Crippen LogP contribution is -2.36. The molecule has 0 aromatic carbocycles. The van der Waals surface area contributed by atoms with E-state index in [1.54, 1.807) is 0 Å². The van der Waals surface area contributed by atoms with Gasteiger partial charge in [-0.15, -0.1) is 16.4 Å². The van der Waals surface area contributed by atoms with Gasteiger partial charge >= 0.3 is 0 Å². The molecule has 3 heterocycles. The van der Waals surface area contributed by atoms with Gasteiger partial charge in [0.05, 0.1) is 18.9 Å². The zero-order valence-electron chi connectivity index (χ0n) is 15.0. The highest BCUT2D eigenvalue weighted by Crippen LogP contribution is 2.29. The highest BCUT2D eigenvalue weighted by atomic mass is 32.1. The molecule has 1 aliphatic rings. The van der Waals surface area contributed by atoms with Crippen molar-refractivity contribution in [3.8, 4) is 0 Å². The molecular formula is C17H27N5OS. The third-order valence-corrected chi connectivity index (χ3v) is 5.35. The summed E-state index contributed by atoms with van der Waals surface area (Å²) in [5.41, 5.74) is 2.33. The number of likely N-dealkylation sites (N-methyl/N-ethyl adjacent to an activating group) is 1. The van der Waals surface area contributed by atoms with Gasteiger partial charge in [0, 0.05) is 48.9 Å². The Hall–Kier alpha value is -1.28. The average Bonchev–Trinajstić information content (AvgIpc) is 3.10. The summed E-state index contributed by atoms with van der Waals surface area (Å²) in [5, 5.41) is 8.60. The highest BCUT2D eigenvalue weighted by Gasteiger charge is 2.30. The molecule has 0 saturated carbocycles. The molecule has 0 unspecified atom stereocenters. The molecule has 0 amide bonds. The minimum absolute atomic E-state index is 0.331. The Balaban J connectivity index is 1.65. The first kappa shape index (κ1) is 17.5. The quantitative estimate of drug-likeness (QED) is 0.714. The number of fused-ring (bicyclic) bond motifs is 1. The molecule has 24 heavy (non-hydrogen) atoms. The molecule has 1 atom stereocenters. The largest absolute Gasteiger partial charge is 0.379 e. The first-order valence-electron chi connectivity index (χ1n) is 8.41. The van der Waals surface area contributed by atoms with Crippen molar-refractivity contribution in [2.75, 3.05) is 40.4 Å². The van der Waals surface area contributed by atoms with Crippen LogP contribution >= 0.6 is 11.3 Å². The summed E-state index contributed by atoms with van der Waals surface area (Å²) in [7, 11) is 6.12. The zero-order valence-corrected chi connectivity index (χ0v) is 15.8. The standard InChI is InChI=1S/C17H27N5OS/c1-13-5-6-15(24-13)10-22-9-14(12-23-8-7-20(2)3)17-16(11-22)18-19-21(17)4/h5-6,14H,7-12H2,1-4H3/t14-/m1/s1. The normalized spacial score (nSPS) is 18.3. The molecule has 0 N–H and O–H groups in total. The molecule has 2 aromatic heterocycles. The summed E-state index contributed by atoms with van der Waals surface area (Å²) in [6.07, 6.45) is 0. The van der Waals surface area contributed by atoms with E-state index < -0.39 is 0 Å². The van der Waals surface area contributed by atoms with E-state index in [4.69, 9.17) is 4.74 Å². The molecule has 3 rings (SSSR count). The summed E-state index contributed by atoms with van der Waals surface area (Å²) in [6.45, 7) is 7.42. The van der Waals surface area contributed by atoms with E-state index in [0.717, 1.165) is 45.1 Å². The topological polar surface area (TPSA) is 46.4 Å². The van der Waals surface area contributed by atoms with E-state index in [9.17, 15) is 0 Å². The van der Waals surface area contributed by atoms with Gasteiger partial charge in [-0.3, -0.25) is 9.58 Å². The molecule has 6 nitrogen and oxygen atoms in total. The summed E-state index contributed by atoms with van der Waals surface area (Å²) < 4.78 is 7.85. The molecule has 2 aromatic rings. The second kappa shape index (κ2) is 7.74. The van der Waals surface area contributed by atoms with E-state index in [2.05, 4.69) is 53.3 Å². The maximum Gasteiger partial charge on any atom is 0.100 e.